The summed E-state index contributed by atoms with van der Waals surface area (Å²) in [6.45, 7) is 0.943. The molecule has 0 aromatic rings. The molecule has 0 aliphatic rings. The maximum absolute atomic E-state index is 11.4. The maximum atomic E-state index is 11.4. The summed E-state index contributed by atoms with van der Waals surface area (Å²) in [4.78, 5) is 24.5. The van der Waals surface area contributed by atoms with Crippen LogP contribution >= 0.6 is 12.0 Å². The molecule has 0 aliphatic heterocycles. The van der Waals surface area contributed by atoms with Crippen molar-refractivity contribution in [3.63, 3.8) is 0 Å². The van der Waals surface area contributed by atoms with Gasteiger partial charge in [-0.25, -0.2) is 0 Å². The molecule has 0 aliphatic carbocycles. The van der Waals surface area contributed by atoms with E-state index in [0.717, 1.165) is 37.1 Å². The lowest BCUT2D eigenvalue weighted by molar-refractivity contribution is -0.145. The zero-order chi connectivity index (χ0) is 18.0. The first-order valence-corrected chi connectivity index (χ1v) is 9.70. The number of carbonyl (C=O) groups excluding carboxylic acids is 2. The number of ether oxygens (including phenoxy) is 2. The summed E-state index contributed by atoms with van der Waals surface area (Å²) in [5, 5.41) is 0. The topological polar surface area (TPSA) is 76.1 Å². The lowest BCUT2D eigenvalue weighted by Gasteiger charge is -2.19. The lowest BCUT2D eigenvalue weighted by Crippen LogP contribution is -2.36. The van der Waals surface area contributed by atoms with Gasteiger partial charge in [0.05, 0.1) is 27.3 Å². The van der Waals surface area contributed by atoms with Gasteiger partial charge in [0.15, 0.2) is 0 Å². The van der Waals surface area contributed by atoms with Gasteiger partial charge in [-0.15, -0.1) is 0 Å². The molecule has 0 bridgehead atoms. The van der Waals surface area contributed by atoms with Crippen LogP contribution in [0.25, 0.3) is 0 Å². The van der Waals surface area contributed by atoms with E-state index < -0.39 is 0 Å². The largest absolute Gasteiger partial charge is 0.468 e. The Morgan fingerprint density at radius 1 is 0.792 bits per heavy atom. The van der Waals surface area contributed by atoms with Crippen molar-refractivity contribution in [1.29, 1.82) is 0 Å². The Morgan fingerprint density at radius 3 is 1.62 bits per heavy atom. The first kappa shape index (κ1) is 23.2. The van der Waals surface area contributed by atoms with E-state index in [4.69, 9.17) is 4.55 Å². The number of hydrogen-bond acceptors (Lipinski definition) is 7. The minimum Gasteiger partial charge on any atom is -0.468 e. The molecule has 0 aromatic carbocycles. The number of hydrogen-bond donors (Lipinski definition) is 1. The third-order valence-electron chi connectivity index (χ3n) is 3.87. The van der Waals surface area contributed by atoms with Crippen LogP contribution in [0.5, 0.6) is 0 Å². The van der Waals surface area contributed by atoms with Crippen molar-refractivity contribution in [2.75, 3.05) is 39.6 Å². The number of methoxy groups -OCH3 is 2. The summed E-state index contributed by atoms with van der Waals surface area (Å²) in [6, 6.07) is 0. The minimum atomic E-state index is -0.335. The van der Waals surface area contributed by atoms with E-state index in [2.05, 4.69) is 9.47 Å². The van der Waals surface area contributed by atoms with Crippen LogP contribution in [-0.4, -0.2) is 61.0 Å². The van der Waals surface area contributed by atoms with Crippen LogP contribution in [0.2, 0.25) is 0 Å². The van der Waals surface area contributed by atoms with E-state index in [1.165, 1.54) is 52.7 Å². The van der Waals surface area contributed by atoms with Crippen molar-refractivity contribution < 1.29 is 23.6 Å². The van der Waals surface area contributed by atoms with Crippen LogP contribution in [0.4, 0.5) is 0 Å². The van der Waals surface area contributed by atoms with Gasteiger partial charge >= 0.3 is 11.9 Å². The van der Waals surface area contributed by atoms with E-state index in [1.807, 2.05) is 0 Å². The molecule has 0 rings (SSSR count). The summed E-state index contributed by atoms with van der Waals surface area (Å²) in [6.07, 6.45) is 10.5. The van der Waals surface area contributed by atoms with Crippen LogP contribution < -0.4 is 0 Å². The van der Waals surface area contributed by atoms with E-state index in [-0.39, 0.29) is 25.0 Å². The van der Waals surface area contributed by atoms with E-state index >= 15 is 0 Å². The number of esters is 2. The standard InChI is InChI=1S/C17H33NO5S/c1-22-16(19)14-18(15-17(20)23-2)12-10-8-6-4-3-5-7-9-11-13-24-21/h21H,3-15H2,1-2H3. The summed E-state index contributed by atoms with van der Waals surface area (Å²) in [7, 11) is 2.70. The molecule has 0 aromatic heterocycles. The van der Waals surface area contributed by atoms with Crippen LogP contribution in [-0.2, 0) is 19.1 Å². The van der Waals surface area contributed by atoms with Crippen LogP contribution in [0.3, 0.4) is 0 Å². The van der Waals surface area contributed by atoms with Gasteiger partial charge in [-0.2, -0.15) is 0 Å². The normalized spacial score (nSPS) is 10.8. The van der Waals surface area contributed by atoms with Gasteiger partial charge < -0.3 is 14.0 Å². The summed E-state index contributed by atoms with van der Waals surface area (Å²) in [5.74, 6) is 0.171. The molecule has 0 heterocycles. The van der Waals surface area contributed by atoms with Gasteiger partial charge in [-0.3, -0.25) is 14.5 Å². The van der Waals surface area contributed by atoms with Crippen LogP contribution in [0, 0.1) is 0 Å². The molecule has 0 saturated carbocycles. The minimum absolute atomic E-state index is 0.123. The second kappa shape index (κ2) is 17.0. The van der Waals surface area contributed by atoms with Gasteiger partial charge in [0.25, 0.3) is 0 Å². The molecule has 0 unspecified atom stereocenters. The predicted molar refractivity (Wildman–Crippen MR) is 97.1 cm³/mol. The van der Waals surface area contributed by atoms with Crippen molar-refractivity contribution in [2.24, 2.45) is 0 Å². The van der Waals surface area contributed by atoms with E-state index in [9.17, 15) is 9.59 Å². The van der Waals surface area contributed by atoms with Gasteiger partial charge in [0.2, 0.25) is 0 Å². The Kier molecular flexibility index (Phi) is 16.5. The first-order valence-electron chi connectivity index (χ1n) is 8.76. The number of rotatable bonds is 16. The third kappa shape index (κ3) is 14.8. The van der Waals surface area contributed by atoms with E-state index in [1.54, 1.807) is 4.90 Å². The third-order valence-corrected chi connectivity index (χ3v) is 4.34. The van der Waals surface area contributed by atoms with Crippen LogP contribution in [0.15, 0.2) is 0 Å². The van der Waals surface area contributed by atoms with Gasteiger partial charge in [-0.1, -0.05) is 44.9 Å². The van der Waals surface area contributed by atoms with Gasteiger partial charge in [0.1, 0.15) is 0 Å². The molecule has 0 saturated heterocycles. The van der Waals surface area contributed by atoms with Crippen molar-refractivity contribution in [2.45, 2.75) is 57.8 Å². The highest BCUT2D eigenvalue weighted by atomic mass is 32.2. The fourth-order valence-electron chi connectivity index (χ4n) is 2.45. The smallest absolute Gasteiger partial charge is 0.319 e. The zero-order valence-corrected chi connectivity index (χ0v) is 15.9. The predicted octanol–water partition coefficient (Wildman–Crippen LogP) is 3.35. The Hall–Kier alpha value is -0.790. The van der Waals surface area contributed by atoms with E-state index in [0.29, 0.717) is 6.54 Å². The van der Waals surface area contributed by atoms with Gasteiger partial charge in [0, 0.05) is 5.75 Å². The monoisotopic (exact) mass is 363 g/mol. The molecular weight excluding hydrogens is 330 g/mol. The fourth-order valence-corrected chi connectivity index (χ4v) is 2.78. The number of unbranched alkanes of at least 4 members (excludes halogenated alkanes) is 8. The van der Waals surface area contributed by atoms with Crippen LogP contribution in [0.1, 0.15) is 57.8 Å². The molecule has 1 N–H and O–H groups in total. The van der Waals surface area contributed by atoms with Crippen molar-refractivity contribution >= 4 is 24.0 Å². The maximum Gasteiger partial charge on any atom is 0.319 e. The highest BCUT2D eigenvalue weighted by Gasteiger charge is 2.14. The number of nitrogens with zero attached hydrogens (tertiary/aromatic N) is 1. The highest BCUT2D eigenvalue weighted by Crippen LogP contribution is 2.11. The molecule has 0 radical (unpaired) electrons. The average molecular weight is 364 g/mol. The molecule has 24 heavy (non-hydrogen) atoms. The molecule has 0 spiro atoms. The molecule has 0 atom stereocenters. The Morgan fingerprint density at radius 2 is 1.21 bits per heavy atom. The summed E-state index contributed by atoms with van der Waals surface area (Å²) < 4.78 is 17.9. The highest BCUT2D eigenvalue weighted by molar-refractivity contribution is 7.93. The molecule has 0 fully saturated rings. The Labute approximate surface area is 150 Å². The van der Waals surface area contributed by atoms with Crippen molar-refractivity contribution in [3.8, 4) is 0 Å². The first-order chi connectivity index (χ1) is 11.6. The van der Waals surface area contributed by atoms with Crippen molar-refractivity contribution in [3.05, 3.63) is 0 Å². The SMILES string of the molecule is COC(=O)CN(CCCCCCCCCCCSO)CC(=O)OC. The molecular formula is C17H33NO5S. The van der Waals surface area contributed by atoms with Crippen molar-refractivity contribution in [1.82, 2.24) is 4.90 Å². The second-order valence-electron chi connectivity index (χ2n) is 5.88. The zero-order valence-electron chi connectivity index (χ0n) is 15.1. The molecule has 6 nitrogen and oxygen atoms in total. The summed E-state index contributed by atoms with van der Waals surface area (Å²) >= 11 is 0.929. The molecule has 0 amide bonds. The quantitative estimate of drug-likeness (QED) is 0.256. The molecule has 142 valence electrons. The van der Waals surface area contributed by atoms with Gasteiger partial charge in [-0.05, 0) is 31.4 Å². The number of carbonyl (C=O) groups is 2. The Balaban J connectivity index is 3.64. The summed E-state index contributed by atoms with van der Waals surface area (Å²) in [5.41, 5.74) is 0. The Bertz CT molecular complexity index is 310. The fraction of sp³-hybridized carbons (Fsp3) is 0.882. The molecule has 7 heteroatoms. The average Bonchev–Trinajstić information content (AvgIpc) is 2.59. The second-order valence-corrected chi connectivity index (χ2v) is 6.54. The lowest BCUT2D eigenvalue weighted by atomic mass is 10.1.